The Kier molecular flexibility index (Phi) is 6.00. The fourth-order valence-electron chi connectivity index (χ4n) is 3.89. The van der Waals surface area contributed by atoms with Crippen LogP contribution in [0.25, 0.3) is 0 Å². The SMILES string of the molecule is O=C(O)NC1=N[C@@](c2cc(N[C@@H](c3ccc(Cl)cn3)C(F)(F)F)ccc2F)(C(F)F)[C@H]2C[C@H]2O1. The first-order valence-corrected chi connectivity index (χ1v) is 10.1. The molecule has 3 N–H and O–H groups in total. The molecule has 2 heterocycles. The van der Waals surface area contributed by atoms with E-state index in [1.54, 1.807) is 5.32 Å². The number of benzene rings is 1. The van der Waals surface area contributed by atoms with Crippen molar-refractivity contribution in [3.63, 3.8) is 0 Å². The second kappa shape index (κ2) is 8.53. The lowest BCUT2D eigenvalue weighted by Crippen LogP contribution is -2.45. The van der Waals surface area contributed by atoms with Gasteiger partial charge in [-0.1, -0.05) is 11.6 Å². The van der Waals surface area contributed by atoms with Gasteiger partial charge in [0, 0.05) is 23.4 Å². The van der Waals surface area contributed by atoms with Crippen LogP contribution in [0, 0.1) is 11.7 Å². The van der Waals surface area contributed by atoms with Gasteiger partial charge in [0.2, 0.25) is 0 Å². The maximum absolute atomic E-state index is 14.8. The molecule has 1 amide bonds. The monoisotopic (exact) mass is 508 g/mol. The molecule has 1 aromatic carbocycles. The Morgan fingerprint density at radius 2 is 2.00 bits per heavy atom. The van der Waals surface area contributed by atoms with Crippen molar-refractivity contribution in [2.75, 3.05) is 5.32 Å². The highest BCUT2D eigenvalue weighted by atomic mass is 35.5. The van der Waals surface area contributed by atoms with Crippen LogP contribution < -0.4 is 10.6 Å². The molecule has 1 aliphatic heterocycles. The molecule has 14 heteroatoms. The minimum atomic E-state index is -4.85. The highest BCUT2D eigenvalue weighted by molar-refractivity contribution is 6.30. The second-order valence-electron chi connectivity index (χ2n) is 7.69. The van der Waals surface area contributed by atoms with E-state index in [9.17, 15) is 31.1 Å². The van der Waals surface area contributed by atoms with Gasteiger partial charge in [-0.25, -0.2) is 28.3 Å². The lowest BCUT2D eigenvalue weighted by molar-refractivity contribution is -0.144. The molecule has 34 heavy (non-hydrogen) atoms. The van der Waals surface area contributed by atoms with Crippen LogP contribution in [0.1, 0.15) is 23.7 Å². The summed E-state index contributed by atoms with van der Waals surface area (Å²) >= 11 is 5.68. The summed E-state index contributed by atoms with van der Waals surface area (Å²) < 4.78 is 90.0. The van der Waals surface area contributed by atoms with E-state index in [2.05, 4.69) is 15.3 Å². The van der Waals surface area contributed by atoms with Crippen molar-refractivity contribution in [3.8, 4) is 0 Å². The summed E-state index contributed by atoms with van der Waals surface area (Å²) in [6.07, 6.45) is -9.63. The first kappa shape index (κ1) is 23.9. The molecule has 0 unspecified atom stereocenters. The smallest absolute Gasteiger partial charge is 0.414 e. The Morgan fingerprint density at radius 3 is 2.59 bits per heavy atom. The van der Waals surface area contributed by atoms with Gasteiger partial charge in [-0.05, 0) is 36.8 Å². The molecule has 0 bridgehead atoms. The summed E-state index contributed by atoms with van der Waals surface area (Å²) in [5.74, 6) is -2.15. The Morgan fingerprint density at radius 1 is 1.26 bits per heavy atom. The molecule has 2 aliphatic rings. The van der Waals surface area contributed by atoms with Crippen LogP contribution in [0.15, 0.2) is 41.5 Å². The van der Waals surface area contributed by atoms with Gasteiger partial charge in [-0.15, -0.1) is 0 Å². The van der Waals surface area contributed by atoms with Crippen molar-refractivity contribution >= 4 is 29.4 Å². The molecule has 4 atom stereocenters. The highest BCUT2D eigenvalue weighted by Gasteiger charge is 2.64. The van der Waals surface area contributed by atoms with Crippen molar-refractivity contribution in [2.24, 2.45) is 10.9 Å². The van der Waals surface area contributed by atoms with Crippen molar-refractivity contribution in [3.05, 3.63) is 58.6 Å². The molecule has 4 rings (SSSR count). The number of fused-ring (bicyclic) bond motifs is 1. The highest BCUT2D eigenvalue weighted by Crippen LogP contribution is 2.56. The number of hydrogen-bond donors (Lipinski definition) is 3. The van der Waals surface area contributed by atoms with E-state index < -0.39 is 65.4 Å². The van der Waals surface area contributed by atoms with Gasteiger partial charge in [0.05, 0.1) is 10.7 Å². The summed E-state index contributed by atoms with van der Waals surface area (Å²) in [5, 5.41) is 12.9. The van der Waals surface area contributed by atoms with E-state index in [4.69, 9.17) is 21.4 Å². The molecular formula is C20H15ClF6N4O3. The van der Waals surface area contributed by atoms with E-state index in [1.807, 2.05) is 0 Å². The number of halogens is 7. The number of rotatable bonds is 5. The molecule has 1 saturated carbocycles. The minimum absolute atomic E-state index is 0.0234. The average Bonchev–Trinajstić information content (AvgIpc) is 3.52. The first-order valence-electron chi connectivity index (χ1n) is 9.71. The fraction of sp³-hybridized carbons (Fsp3) is 0.350. The maximum atomic E-state index is 14.8. The Balaban J connectivity index is 1.76. The van der Waals surface area contributed by atoms with Gasteiger partial charge in [0.25, 0.3) is 12.4 Å². The zero-order valence-electron chi connectivity index (χ0n) is 16.8. The second-order valence-corrected chi connectivity index (χ2v) is 8.12. The molecule has 1 aliphatic carbocycles. The number of amides is 1. The molecule has 2 aromatic rings. The number of carboxylic acid groups (broad SMARTS) is 1. The van der Waals surface area contributed by atoms with Gasteiger partial charge in [-0.3, -0.25) is 4.98 Å². The van der Waals surface area contributed by atoms with Crippen molar-refractivity contribution in [2.45, 2.75) is 36.7 Å². The van der Waals surface area contributed by atoms with E-state index in [0.717, 1.165) is 30.5 Å². The summed E-state index contributed by atoms with van der Waals surface area (Å²) in [4.78, 5) is 18.3. The number of hydrogen-bond acceptors (Lipinski definition) is 5. The zero-order valence-corrected chi connectivity index (χ0v) is 17.5. The van der Waals surface area contributed by atoms with Crippen LogP contribution >= 0.6 is 11.6 Å². The van der Waals surface area contributed by atoms with Crippen molar-refractivity contribution in [1.82, 2.24) is 10.3 Å². The topological polar surface area (TPSA) is 95.8 Å². The lowest BCUT2D eigenvalue weighted by atomic mass is 9.84. The van der Waals surface area contributed by atoms with E-state index in [-0.39, 0.29) is 17.1 Å². The number of aromatic nitrogens is 1. The number of anilines is 1. The molecule has 0 radical (unpaired) electrons. The van der Waals surface area contributed by atoms with Gasteiger partial charge in [-0.2, -0.15) is 13.2 Å². The normalized spacial score (nSPS) is 24.5. The molecule has 1 fully saturated rings. The molecule has 1 aromatic heterocycles. The quantitative estimate of drug-likeness (QED) is 0.489. The number of carbonyl (C=O) groups is 1. The number of nitrogens with zero attached hydrogens (tertiary/aromatic N) is 2. The number of nitrogens with one attached hydrogen (secondary N) is 2. The Bertz CT molecular complexity index is 1130. The predicted molar refractivity (Wildman–Crippen MR) is 107 cm³/mol. The maximum Gasteiger partial charge on any atom is 0.414 e. The lowest BCUT2D eigenvalue weighted by Gasteiger charge is -2.34. The third-order valence-corrected chi connectivity index (χ3v) is 5.70. The standard InChI is InChI=1S/C20H15ClF6N4O3/c21-8-1-4-13(28-7-8)15(20(25,26)27)29-9-2-3-12(22)10(5-9)19(16(23)24)11-6-14(11)34-17(31-19)30-18(32)33/h1-5,7,11,14-16,29H,6H2,(H,30,31)(H,32,33)/t11-,14+,15-,19+/m0/s1. The van der Waals surface area contributed by atoms with E-state index in [1.165, 1.54) is 6.07 Å². The molecule has 7 nitrogen and oxygen atoms in total. The molecule has 0 spiro atoms. The molecule has 182 valence electrons. The van der Waals surface area contributed by atoms with Gasteiger partial charge in [0.15, 0.2) is 11.6 Å². The van der Waals surface area contributed by atoms with E-state index in [0.29, 0.717) is 0 Å². The predicted octanol–water partition coefficient (Wildman–Crippen LogP) is 5.09. The number of amidine groups is 1. The fourth-order valence-corrected chi connectivity index (χ4v) is 4.00. The Labute approximate surface area is 192 Å². The van der Waals surface area contributed by atoms with Crippen LogP contribution in [-0.4, -0.2) is 40.9 Å². The third-order valence-electron chi connectivity index (χ3n) is 5.48. The van der Waals surface area contributed by atoms with Crippen LogP contribution in [0.2, 0.25) is 5.02 Å². The van der Waals surface area contributed by atoms with Crippen LogP contribution in [0.4, 0.5) is 36.8 Å². The van der Waals surface area contributed by atoms with Crippen LogP contribution in [0.3, 0.4) is 0 Å². The number of aliphatic imine (C=N–C) groups is 1. The average molecular weight is 509 g/mol. The van der Waals surface area contributed by atoms with Crippen LogP contribution in [0.5, 0.6) is 0 Å². The van der Waals surface area contributed by atoms with Crippen molar-refractivity contribution < 1.29 is 41.0 Å². The third kappa shape index (κ3) is 4.43. The Hall–Kier alpha value is -3.22. The number of ether oxygens (including phenoxy) is 1. The van der Waals surface area contributed by atoms with Crippen LogP contribution in [-0.2, 0) is 10.3 Å². The largest absolute Gasteiger partial charge is 0.465 e. The molecular weight excluding hydrogens is 494 g/mol. The summed E-state index contributed by atoms with van der Waals surface area (Å²) in [6.45, 7) is 0. The van der Waals surface area contributed by atoms with E-state index >= 15 is 0 Å². The van der Waals surface area contributed by atoms with Crippen molar-refractivity contribution in [1.29, 1.82) is 0 Å². The molecule has 0 saturated heterocycles. The minimum Gasteiger partial charge on any atom is -0.465 e. The summed E-state index contributed by atoms with van der Waals surface area (Å²) in [6, 6.07) is 1.63. The summed E-state index contributed by atoms with van der Waals surface area (Å²) in [5.41, 5.74) is -4.04. The van der Waals surface area contributed by atoms with Gasteiger partial charge < -0.3 is 15.2 Å². The number of pyridine rings is 1. The first-order chi connectivity index (χ1) is 15.9. The summed E-state index contributed by atoms with van der Waals surface area (Å²) in [7, 11) is 0. The zero-order chi connectivity index (χ0) is 24.8. The van der Waals surface area contributed by atoms with Gasteiger partial charge in [0.1, 0.15) is 11.9 Å². The van der Waals surface area contributed by atoms with Gasteiger partial charge >= 0.3 is 12.3 Å². The number of alkyl halides is 5.